The van der Waals surface area contributed by atoms with Crippen LogP contribution in [0.15, 0.2) is 29.3 Å². The molecule has 3 rings (SSSR count). The lowest BCUT2D eigenvalue weighted by atomic mass is 10.1. The lowest BCUT2D eigenvalue weighted by Gasteiger charge is -2.26. The number of halogens is 1. The molecule has 1 aromatic carbocycles. The van der Waals surface area contributed by atoms with Crippen molar-refractivity contribution in [3.63, 3.8) is 0 Å². The minimum Gasteiger partial charge on any atom is -0.357 e. The molecule has 2 fully saturated rings. The van der Waals surface area contributed by atoms with E-state index in [1.807, 2.05) is 36.0 Å². The molecule has 2 heterocycles. The van der Waals surface area contributed by atoms with Crippen molar-refractivity contribution >= 4 is 53.5 Å². The van der Waals surface area contributed by atoms with Crippen molar-refractivity contribution in [1.29, 1.82) is 0 Å². The number of carbonyl (C=O) groups is 2. The highest BCUT2D eigenvalue weighted by atomic mass is 127. The second kappa shape index (κ2) is 11.8. The van der Waals surface area contributed by atoms with E-state index in [1.54, 1.807) is 4.90 Å². The van der Waals surface area contributed by atoms with Gasteiger partial charge in [-0.05, 0) is 50.1 Å². The van der Waals surface area contributed by atoms with E-state index in [-0.39, 0.29) is 47.1 Å². The van der Waals surface area contributed by atoms with Gasteiger partial charge in [0.25, 0.3) is 5.91 Å². The molecule has 2 amide bonds. The Morgan fingerprint density at radius 1 is 1.30 bits per heavy atom. The summed E-state index contributed by atoms with van der Waals surface area (Å²) in [5.74, 6) is 1.84. The summed E-state index contributed by atoms with van der Waals surface area (Å²) in [7, 11) is 0. The van der Waals surface area contributed by atoms with Gasteiger partial charge in [0.1, 0.15) is 0 Å². The fourth-order valence-electron chi connectivity index (χ4n) is 3.51. The first kappa shape index (κ1) is 24.8. The number of nitrogens with zero attached hydrogens (tertiary/aromatic N) is 2. The lowest BCUT2D eigenvalue weighted by molar-refractivity contribution is -0.123. The first-order valence-electron chi connectivity index (χ1n) is 10.3. The molecule has 0 bridgehead atoms. The van der Waals surface area contributed by atoms with Crippen molar-refractivity contribution in [2.75, 3.05) is 38.5 Å². The van der Waals surface area contributed by atoms with E-state index in [4.69, 9.17) is 0 Å². The van der Waals surface area contributed by atoms with Crippen LogP contribution < -0.4 is 16.0 Å². The third-order valence-corrected chi connectivity index (χ3v) is 6.76. The lowest BCUT2D eigenvalue weighted by Crippen LogP contribution is -2.49. The highest BCUT2D eigenvalue weighted by Crippen LogP contribution is 2.36. The second-order valence-electron chi connectivity index (χ2n) is 7.72. The van der Waals surface area contributed by atoms with E-state index in [0.29, 0.717) is 25.2 Å². The summed E-state index contributed by atoms with van der Waals surface area (Å²) in [6, 6.07) is 7.49. The summed E-state index contributed by atoms with van der Waals surface area (Å²) >= 11 is 2.03. The van der Waals surface area contributed by atoms with Gasteiger partial charge in [-0.3, -0.25) is 9.59 Å². The largest absolute Gasteiger partial charge is 0.357 e. The molecule has 0 aliphatic carbocycles. The number of hydrogen-bond acceptors (Lipinski definition) is 4. The highest BCUT2D eigenvalue weighted by Gasteiger charge is 2.29. The molecule has 30 heavy (non-hydrogen) atoms. The van der Waals surface area contributed by atoms with Crippen molar-refractivity contribution in [2.45, 2.75) is 38.0 Å². The summed E-state index contributed by atoms with van der Waals surface area (Å²) in [5.41, 5.74) is 1.64. The predicted molar refractivity (Wildman–Crippen MR) is 134 cm³/mol. The Morgan fingerprint density at radius 3 is 2.70 bits per heavy atom. The van der Waals surface area contributed by atoms with Crippen molar-refractivity contribution in [2.24, 2.45) is 4.99 Å². The standard InChI is InChI=1S/C21H31N5O2S.HI/c1-3-22-20(25-15-21(2)9-4-12-29-21)24-13-16-5-7-17(8-6-16)19(28)26-11-10-23-18(27)14-26;/h5-8H,3-4,9-15H2,1-2H3,(H,23,27)(H2,22,24,25);1H. The van der Waals surface area contributed by atoms with Crippen LogP contribution in [0.2, 0.25) is 0 Å². The molecular weight excluding hydrogens is 513 g/mol. The van der Waals surface area contributed by atoms with Gasteiger partial charge in [0.2, 0.25) is 5.91 Å². The number of thioether (sulfide) groups is 1. The molecule has 166 valence electrons. The van der Waals surface area contributed by atoms with Gasteiger partial charge in [-0.25, -0.2) is 4.99 Å². The number of carbonyl (C=O) groups excluding carboxylic acids is 2. The predicted octanol–water partition coefficient (Wildman–Crippen LogP) is 2.22. The Bertz CT molecular complexity index is 750. The summed E-state index contributed by atoms with van der Waals surface area (Å²) < 4.78 is 0.281. The fourth-order valence-corrected chi connectivity index (χ4v) is 4.75. The molecule has 2 aliphatic rings. The molecule has 1 aromatic rings. The van der Waals surface area contributed by atoms with E-state index in [1.165, 1.54) is 18.6 Å². The van der Waals surface area contributed by atoms with Crippen LogP contribution in [0, 0.1) is 0 Å². The molecule has 7 nitrogen and oxygen atoms in total. The maximum atomic E-state index is 12.5. The molecule has 1 unspecified atom stereocenters. The van der Waals surface area contributed by atoms with Crippen LogP contribution in [-0.4, -0.2) is 65.9 Å². The number of nitrogens with one attached hydrogen (secondary N) is 3. The van der Waals surface area contributed by atoms with Crippen molar-refractivity contribution < 1.29 is 9.59 Å². The van der Waals surface area contributed by atoms with Gasteiger partial charge < -0.3 is 20.9 Å². The topological polar surface area (TPSA) is 85.8 Å². The summed E-state index contributed by atoms with van der Waals surface area (Å²) in [4.78, 5) is 30.3. The van der Waals surface area contributed by atoms with Gasteiger partial charge in [-0.2, -0.15) is 11.8 Å². The van der Waals surface area contributed by atoms with Crippen LogP contribution in [0.1, 0.15) is 42.6 Å². The smallest absolute Gasteiger partial charge is 0.254 e. The number of piperazine rings is 1. The summed E-state index contributed by atoms with van der Waals surface area (Å²) in [6.07, 6.45) is 2.52. The van der Waals surface area contributed by atoms with Gasteiger partial charge in [0.15, 0.2) is 5.96 Å². The van der Waals surface area contributed by atoms with Gasteiger partial charge in [-0.15, -0.1) is 24.0 Å². The zero-order chi connectivity index (χ0) is 20.7. The average Bonchev–Trinajstić information content (AvgIpc) is 3.17. The number of guanidine groups is 1. The SMILES string of the molecule is CCNC(=NCc1ccc(C(=O)N2CCNC(=O)C2)cc1)NCC1(C)CCCS1.I. The first-order chi connectivity index (χ1) is 14.0. The molecule has 0 aromatic heterocycles. The van der Waals surface area contributed by atoms with Gasteiger partial charge >= 0.3 is 0 Å². The van der Waals surface area contributed by atoms with E-state index in [0.717, 1.165) is 24.6 Å². The fraction of sp³-hybridized carbons (Fsp3) is 0.571. The molecule has 1 atom stereocenters. The van der Waals surface area contributed by atoms with Crippen LogP contribution >= 0.6 is 35.7 Å². The Kier molecular flexibility index (Phi) is 9.73. The van der Waals surface area contributed by atoms with Crippen molar-refractivity contribution in [1.82, 2.24) is 20.9 Å². The Hall–Kier alpha value is -1.49. The van der Waals surface area contributed by atoms with Crippen molar-refractivity contribution in [3.8, 4) is 0 Å². The van der Waals surface area contributed by atoms with Crippen molar-refractivity contribution in [3.05, 3.63) is 35.4 Å². The molecule has 0 radical (unpaired) electrons. The second-order valence-corrected chi connectivity index (χ2v) is 9.41. The molecule has 2 saturated heterocycles. The van der Waals surface area contributed by atoms with Crippen LogP contribution in [0.4, 0.5) is 0 Å². The van der Waals surface area contributed by atoms with E-state index >= 15 is 0 Å². The average molecular weight is 545 g/mol. The Balaban J connectivity index is 0.00000320. The number of amides is 2. The van der Waals surface area contributed by atoms with E-state index in [9.17, 15) is 9.59 Å². The molecular formula is C21H32IN5O2S. The Morgan fingerprint density at radius 2 is 2.07 bits per heavy atom. The molecule has 0 spiro atoms. The third kappa shape index (κ3) is 7.04. The highest BCUT2D eigenvalue weighted by molar-refractivity contribution is 14.0. The molecule has 9 heteroatoms. The van der Waals surface area contributed by atoms with Gasteiger partial charge in [-0.1, -0.05) is 12.1 Å². The van der Waals surface area contributed by atoms with Gasteiger partial charge in [0, 0.05) is 36.5 Å². The number of benzene rings is 1. The minimum atomic E-state index is -0.108. The molecule has 0 saturated carbocycles. The third-order valence-electron chi connectivity index (χ3n) is 5.22. The Labute approximate surface area is 200 Å². The van der Waals surface area contributed by atoms with Crippen LogP contribution in [0.5, 0.6) is 0 Å². The van der Waals surface area contributed by atoms with E-state index < -0.39 is 0 Å². The van der Waals surface area contributed by atoms with Crippen LogP contribution in [-0.2, 0) is 11.3 Å². The van der Waals surface area contributed by atoms with Crippen LogP contribution in [0.3, 0.4) is 0 Å². The maximum Gasteiger partial charge on any atom is 0.254 e. The summed E-state index contributed by atoms with van der Waals surface area (Å²) in [5, 5.41) is 9.51. The van der Waals surface area contributed by atoms with Gasteiger partial charge in [0.05, 0.1) is 13.1 Å². The zero-order valence-corrected chi connectivity index (χ0v) is 20.8. The number of aliphatic imine (C=N–C) groups is 1. The first-order valence-corrected chi connectivity index (χ1v) is 11.3. The number of rotatable bonds is 6. The molecule has 2 aliphatic heterocycles. The normalized spacial score (nSPS) is 21.6. The van der Waals surface area contributed by atoms with Crippen LogP contribution in [0.25, 0.3) is 0 Å². The monoisotopic (exact) mass is 545 g/mol. The zero-order valence-electron chi connectivity index (χ0n) is 17.7. The maximum absolute atomic E-state index is 12.5. The number of hydrogen-bond donors (Lipinski definition) is 3. The molecule has 3 N–H and O–H groups in total. The van der Waals surface area contributed by atoms with E-state index in [2.05, 4.69) is 34.8 Å². The quantitative estimate of drug-likeness (QED) is 0.290. The minimum absolute atomic E-state index is 0. The summed E-state index contributed by atoms with van der Waals surface area (Å²) in [6.45, 7) is 7.81.